The molecule has 0 radical (unpaired) electrons. The van der Waals surface area contributed by atoms with Gasteiger partial charge in [0, 0.05) is 5.54 Å². The molecule has 2 rings (SSSR count). The molecule has 0 bridgehead atoms. The average Bonchev–Trinajstić information content (AvgIpc) is 2.38. The first-order chi connectivity index (χ1) is 8.97. The number of sulfonamides is 1. The van der Waals surface area contributed by atoms with Crippen molar-refractivity contribution in [2.75, 3.05) is 20.2 Å². The third kappa shape index (κ3) is 3.26. The van der Waals surface area contributed by atoms with E-state index in [-0.39, 0.29) is 4.90 Å². The molecule has 106 valence electrons. The Hall–Kier alpha value is -1.11. The number of nitrogens with one attached hydrogen (secondary N) is 2. The van der Waals surface area contributed by atoms with Gasteiger partial charge in [-0.2, -0.15) is 0 Å². The molecule has 0 aromatic heterocycles. The zero-order valence-electron chi connectivity index (χ0n) is 11.3. The first-order valence-corrected chi connectivity index (χ1v) is 7.83. The zero-order valence-corrected chi connectivity index (χ0v) is 12.1. The van der Waals surface area contributed by atoms with E-state index in [9.17, 15) is 8.42 Å². The van der Waals surface area contributed by atoms with Crippen molar-refractivity contribution in [2.45, 2.75) is 30.2 Å². The van der Waals surface area contributed by atoms with Crippen molar-refractivity contribution in [1.29, 1.82) is 0 Å². The summed E-state index contributed by atoms with van der Waals surface area (Å²) in [5.74, 6) is 0.368. The van der Waals surface area contributed by atoms with Crippen LogP contribution in [0.25, 0.3) is 0 Å². The molecule has 6 heteroatoms. The molecule has 2 N–H and O–H groups in total. The third-order valence-corrected chi connectivity index (χ3v) is 5.12. The van der Waals surface area contributed by atoms with Gasteiger partial charge in [-0.25, -0.2) is 13.1 Å². The SMILES string of the molecule is COc1ccccc1S(=O)(=O)NC1(C)CCNCC1. The van der Waals surface area contributed by atoms with Gasteiger partial charge in [0.25, 0.3) is 0 Å². The third-order valence-electron chi connectivity index (χ3n) is 3.45. The lowest BCUT2D eigenvalue weighted by Crippen LogP contribution is -2.52. The van der Waals surface area contributed by atoms with Crippen molar-refractivity contribution < 1.29 is 13.2 Å². The highest BCUT2D eigenvalue weighted by molar-refractivity contribution is 7.89. The quantitative estimate of drug-likeness (QED) is 0.869. The highest BCUT2D eigenvalue weighted by Crippen LogP contribution is 2.26. The van der Waals surface area contributed by atoms with Crippen LogP contribution in [0.15, 0.2) is 29.2 Å². The van der Waals surface area contributed by atoms with Crippen molar-refractivity contribution in [3.63, 3.8) is 0 Å². The maximum absolute atomic E-state index is 12.5. The molecule has 1 aromatic carbocycles. The highest BCUT2D eigenvalue weighted by atomic mass is 32.2. The van der Waals surface area contributed by atoms with Crippen LogP contribution in [-0.4, -0.2) is 34.2 Å². The van der Waals surface area contributed by atoms with Crippen LogP contribution in [0.5, 0.6) is 5.75 Å². The maximum atomic E-state index is 12.5. The number of benzene rings is 1. The lowest BCUT2D eigenvalue weighted by Gasteiger charge is -2.34. The molecule has 1 aromatic rings. The number of ether oxygens (including phenoxy) is 1. The molecule has 0 spiro atoms. The fraction of sp³-hybridized carbons (Fsp3) is 0.538. The fourth-order valence-electron chi connectivity index (χ4n) is 2.30. The topological polar surface area (TPSA) is 67.4 Å². The van der Waals surface area contributed by atoms with E-state index >= 15 is 0 Å². The van der Waals surface area contributed by atoms with Gasteiger partial charge in [-0.3, -0.25) is 0 Å². The van der Waals surface area contributed by atoms with Gasteiger partial charge >= 0.3 is 0 Å². The summed E-state index contributed by atoms with van der Waals surface area (Å²) in [6, 6.07) is 6.66. The Kier molecular flexibility index (Phi) is 4.13. The Morgan fingerprint density at radius 1 is 1.26 bits per heavy atom. The molecular weight excluding hydrogens is 264 g/mol. The fourth-order valence-corrected chi connectivity index (χ4v) is 3.94. The van der Waals surface area contributed by atoms with E-state index in [1.165, 1.54) is 7.11 Å². The molecule has 1 saturated heterocycles. The number of methoxy groups -OCH3 is 1. The number of para-hydroxylation sites is 1. The summed E-state index contributed by atoms with van der Waals surface area (Å²) in [7, 11) is -2.09. The van der Waals surface area contributed by atoms with E-state index in [0.717, 1.165) is 25.9 Å². The number of hydrogen-bond donors (Lipinski definition) is 2. The van der Waals surface area contributed by atoms with E-state index in [1.54, 1.807) is 24.3 Å². The van der Waals surface area contributed by atoms with Gasteiger partial charge in [0.2, 0.25) is 10.0 Å². The highest BCUT2D eigenvalue weighted by Gasteiger charge is 2.33. The summed E-state index contributed by atoms with van der Waals surface area (Å²) < 4.78 is 32.9. The standard InChI is InChI=1S/C13H20N2O3S/c1-13(7-9-14-10-8-13)15-19(16,17)12-6-4-3-5-11(12)18-2/h3-6,14-15H,7-10H2,1-2H3. The number of rotatable bonds is 4. The predicted octanol–water partition coefficient (Wildman–Crippen LogP) is 1.12. The van der Waals surface area contributed by atoms with Gasteiger partial charge in [0.05, 0.1) is 7.11 Å². The summed E-state index contributed by atoms with van der Waals surface area (Å²) in [5, 5.41) is 3.23. The Labute approximate surface area is 114 Å². The second kappa shape index (κ2) is 5.48. The monoisotopic (exact) mass is 284 g/mol. The van der Waals surface area contributed by atoms with Gasteiger partial charge in [-0.05, 0) is 45.0 Å². The number of hydrogen-bond acceptors (Lipinski definition) is 4. The predicted molar refractivity (Wildman–Crippen MR) is 73.8 cm³/mol. The first-order valence-electron chi connectivity index (χ1n) is 6.35. The van der Waals surface area contributed by atoms with Gasteiger partial charge in [0.15, 0.2) is 0 Å². The van der Waals surface area contributed by atoms with Gasteiger partial charge < -0.3 is 10.1 Å². The lowest BCUT2D eigenvalue weighted by molar-refractivity contribution is 0.307. The van der Waals surface area contributed by atoms with E-state index in [1.807, 2.05) is 6.92 Å². The van der Waals surface area contributed by atoms with E-state index < -0.39 is 15.6 Å². The second-order valence-corrected chi connectivity index (χ2v) is 6.72. The summed E-state index contributed by atoms with van der Waals surface area (Å²) in [5.41, 5.74) is -0.398. The molecule has 0 saturated carbocycles. The van der Waals surface area contributed by atoms with Gasteiger partial charge in [-0.1, -0.05) is 12.1 Å². The smallest absolute Gasteiger partial charge is 0.244 e. The average molecular weight is 284 g/mol. The Bertz CT molecular complexity index is 537. The van der Waals surface area contributed by atoms with E-state index in [2.05, 4.69) is 10.0 Å². The van der Waals surface area contributed by atoms with Crippen LogP contribution in [0, 0.1) is 0 Å². The van der Waals surface area contributed by atoms with Gasteiger partial charge in [0.1, 0.15) is 10.6 Å². The largest absolute Gasteiger partial charge is 0.495 e. The minimum atomic E-state index is -3.56. The van der Waals surface area contributed by atoms with Crippen molar-refractivity contribution in [2.24, 2.45) is 0 Å². The van der Waals surface area contributed by atoms with Crippen LogP contribution >= 0.6 is 0 Å². The van der Waals surface area contributed by atoms with Gasteiger partial charge in [-0.15, -0.1) is 0 Å². The zero-order chi connectivity index (χ0) is 13.9. The Morgan fingerprint density at radius 2 is 1.89 bits per heavy atom. The Morgan fingerprint density at radius 3 is 2.53 bits per heavy atom. The van der Waals surface area contributed by atoms with E-state index in [0.29, 0.717) is 5.75 Å². The minimum absolute atomic E-state index is 0.192. The molecule has 1 heterocycles. The normalized spacial score (nSPS) is 19.1. The molecule has 1 aliphatic rings. The van der Waals surface area contributed by atoms with Crippen molar-refractivity contribution >= 4 is 10.0 Å². The second-order valence-electron chi connectivity index (χ2n) is 5.07. The first kappa shape index (κ1) is 14.3. The summed E-state index contributed by atoms with van der Waals surface area (Å²) in [6.45, 7) is 3.59. The van der Waals surface area contributed by atoms with Crippen LogP contribution in [0.2, 0.25) is 0 Å². The molecule has 0 amide bonds. The molecule has 0 aliphatic carbocycles. The summed E-state index contributed by atoms with van der Waals surface area (Å²) >= 11 is 0. The molecule has 1 fully saturated rings. The molecule has 0 atom stereocenters. The molecule has 5 nitrogen and oxygen atoms in total. The van der Waals surface area contributed by atoms with Crippen molar-refractivity contribution in [3.05, 3.63) is 24.3 Å². The van der Waals surface area contributed by atoms with Crippen LogP contribution in [0.4, 0.5) is 0 Å². The Balaban J connectivity index is 2.27. The van der Waals surface area contributed by atoms with Crippen LogP contribution in [-0.2, 0) is 10.0 Å². The van der Waals surface area contributed by atoms with Crippen LogP contribution < -0.4 is 14.8 Å². The molecule has 1 aliphatic heterocycles. The molecule has 0 unspecified atom stereocenters. The van der Waals surface area contributed by atoms with Crippen LogP contribution in [0.3, 0.4) is 0 Å². The molecule has 19 heavy (non-hydrogen) atoms. The lowest BCUT2D eigenvalue weighted by atomic mass is 9.92. The number of piperidine rings is 1. The van der Waals surface area contributed by atoms with E-state index in [4.69, 9.17) is 4.74 Å². The summed E-state index contributed by atoms with van der Waals surface area (Å²) in [6.07, 6.45) is 1.56. The van der Waals surface area contributed by atoms with Crippen LogP contribution in [0.1, 0.15) is 19.8 Å². The maximum Gasteiger partial charge on any atom is 0.244 e. The van der Waals surface area contributed by atoms with Crippen molar-refractivity contribution in [1.82, 2.24) is 10.0 Å². The van der Waals surface area contributed by atoms with Crippen molar-refractivity contribution in [3.8, 4) is 5.75 Å². The molecular formula is C13H20N2O3S. The summed E-state index contributed by atoms with van der Waals surface area (Å²) in [4.78, 5) is 0.192. The minimum Gasteiger partial charge on any atom is -0.495 e.